The Hall–Kier alpha value is -3.08. The van der Waals surface area contributed by atoms with Crippen LogP contribution in [0.4, 0.5) is 8.78 Å². The molecule has 7 nitrogen and oxygen atoms in total. The summed E-state index contributed by atoms with van der Waals surface area (Å²) in [5.74, 6) is -0.936. The summed E-state index contributed by atoms with van der Waals surface area (Å²) >= 11 is 11.4. The molecule has 0 bridgehead atoms. The molecule has 0 unspecified atom stereocenters. The van der Waals surface area contributed by atoms with Gasteiger partial charge in [-0.05, 0) is 54.1 Å². The third-order valence-corrected chi connectivity index (χ3v) is 5.08. The van der Waals surface area contributed by atoms with E-state index in [1.165, 1.54) is 30.5 Å². The van der Waals surface area contributed by atoms with Gasteiger partial charge >= 0.3 is 0 Å². The maximum absolute atomic E-state index is 13.1. The Bertz CT molecular complexity index is 1280. The average molecular weight is 521 g/mol. The summed E-state index contributed by atoms with van der Waals surface area (Å²) in [6.07, 6.45) is 3.07. The monoisotopic (exact) mass is 520 g/mol. The van der Waals surface area contributed by atoms with Crippen LogP contribution in [-0.2, 0) is 22.7 Å². The fourth-order valence-electron chi connectivity index (χ4n) is 2.82. The van der Waals surface area contributed by atoms with Crippen LogP contribution in [0.2, 0.25) is 10.0 Å². The Balaban J connectivity index is 0.000000198. The second-order valence-electron chi connectivity index (χ2n) is 7.07. The molecule has 0 aliphatic carbocycles. The summed E-state index contributed by atoms with van der Waals surface area (Å²) in [4.78, 5) is 0. The van der Waals surface area contributed by atoms with E-state index in [0.717, 1.165) is 5.56 Å². The molecular formula is C24H20Cl2F2N4O3. The average Bonchev–Trinajstić information content (AvgIpc) is 2.88. The molecule has 2 heterocycles. The molecule has 0 aliphatic heterocycles. The van der Waals surface area contributed by atoms with Gasteiger partial charge in [0, 0.05) is 23.8 Å². The predicted octanol–water partition coefficient (Wildman–Crippen LogP) is 5.49. The topological polar surface area (TPSA) is 90.2 Å². The van der Waals surface area contributed by atoms with Gasteiger partial charge in [0.15, 0.2) is 0 Å². The lowest BCUT2D eigenvalue weighted by atomic mass is 10.1. The number of aliphatic hydroxyl groups excluding tert-OH is 1. The number of benzene rings is 2. The molecule has 0 atom stereocenters. The van der Waals surface area contributed by atoms with Gasteiger partial charge < -0.3 is 14.6 Å². The Labute approximate surface area is 210 Å². The molecule has 0 saturated heterocycles. The fraction of sp³-hybridized carbons (Fsp3) is 0.167. The lowest BCUT2D eigenvalue weighted by Gasteiger charge is -2.05. The predicted molar refractivity (Wildman–Crippen MR) is 127 cm³/mol. The SMILES string of the molecule is COCOCc1cnnc(-c2ccc(F)c(Cl)c2)c1.OCc1cnnc(-c2ccc(F)c(Cl)c2)c1. The number of aliphatic hydroxyl groups is 1. The smallest absolute Gasteiger partial charge is 0.146 e. The zero-order valence-electron chi connectivity index (χ0n) is 18.5. The minimum Gasteiger partial charge on any atom is -0.392 e. The van der Waals surface area contributed by atoms with E-state index in [1.807, 2.05) is 6.07 Å². The molecule has 0 fully saturated rings. The molecule has 0 aliphatic rings. The van der Waals surface area contributed by atoms with Crippen LogP contribution in [-0.4, -0.2) is 39.4 Å². The lowest BCUT2D eigenvalue weighted by Crippen LogP contribution is -1.99. The molecule has 0 spiro atoms. The highest BCUT2D eigenvalue weighted by Crippen LogP contribution is 2.24. The lowest BCUT2D eigenvalue weighted by molar-refractivity contribution is -0.0391. The summed E-state index contributed by atoms with van der Waals surface area (Å²) in [6, 6.07) is 12.2. The Kier molecular flexibility index (Phi) is 9.95. The molecule has 2 aromatic heterocycles. The van der Waals surface area contributed by atoms with Crippen molar-refractivity contribution in [2.24, 2.45) is 0 Å². The number of hydrogen-bond acceptors (Lipinski definition) is 7. The van der Waals surface area contributed by atoms with Crippen LogP contribution in [0, 0.1) is 11.6 Å². The highest BCUT2D eigenvalue weighted by molar-refractivity contribution is 6.31. The van der Waals surface area contributed by atoms with E-state index in [1.54, 1.807) is 31.5 Å². The van der Waals surface area contributed by atoms with Crippen LogP contribution >= 0.6 is 23.2 Å². The largest absolute Gasteiger partial charge is 0.392 e. The van der Waals surface area contributed by atoms with E-state index >= 15 is 0 Å². The summed E-state index contributed by atoms with van der Waals surface area (Å²) in [7, 11) is 1.55. The van der Waals surface area contributed by atoms with E-state index in [-0.39, 0.29) is 23.4 Å². The van der Waals surface area contributed by atoms with Crippen LogP contribution in [0.3, 0.4) is 0 Å². The van der Waals surface area contributed by atoms with E-state index in [4.69, 9.17) is 37.8 Å². The minimum absolute atomic E-state index is 0.0358. The summed E-state index contributed by atoms with van der Waals surface area (Å²) < 4.78 is 36.1. The summed E-state index contributed by atoms with van der Waals surface area (Å²) in [6.45, 7) is 0.461. The molecule has 35 heavy (non-hydrogen) atoms. The first kappa shape index (κ1) is 26.5. The Morgan fingerprint density at radius 2 is 1.31 bits per heavy atom. The normalized spacial score (nSPS) is 10.6. The zero-order chi connectivity index (χ0) is 25.2. The van der Waals surface area contributed by atoms with Gasteiger partial charge in [-0.3, -0.25) is 0 Å². The molecule has 4 rings (SSSR count). The van der Waals surface area contributed by atoms with Gasteiger partial charge in [0.2, 0.25) is 0 Å². The van der Waals surface area contributed by atoms with Crippen LogP contribution in [0.1, 0.15) is 11.1 Å². The van der Waals surface area contributed by atoms with Crippen LogP contribution in [0.15, 0.2) is 60.9 Å². The van der Waals surface area contributed by atoms with Gasteiger partial charge in [0.05, 0.1) is 47.0 Å². The van der Waals surface area contributed by atoms with Crippen molar-refractivity contribution in [3.63, 3.8) is 0 Å². The number of aromatic nitrogens is 4. The van der Waals surface area contributed by atoms with Crippen molar-refractivity contribution in [1.29, 1.82) is 0 Å². The van der Waals surface area contributed by atoms with Crippen LogP contribution in [0.5, 0.6) is 0 Å². The zero-order valence-corrected chi connectivity index (χ0v) is 20.0. The summed E-state index contributed by atoms with van der Waals surface area (Å²) in [5.41, 5.74) is 4.02. The standard InChI is InChI=1S/C13H12ClFN2O2.C11H8ClFN2O/c1-18-8-19-7-9-4-13(17-16-6-9)10-2-3-12(15)11(14)5-10;12-9-4-8(1-2-10(9)13)11-3-7(6-16)5-14-15-11/h2-6H,7-8H2,1H3;1-5,16H,6H2. The number of nitrogens with zero attached hydrogens (tertiary/aromatic N) is 4. The first-order chi connectivity index (χ1) is 16.9. The second-order valence-corrected chi connectivity index (χ2v) is 7.88. The number of methoxy groups -OCH3 is 1. The molecule has 1 N–H and O–H groups in total. The highest BCUT2D eigenvalue weighted by Gasteiger charge is 2.07. The maximum atomic E-state index is 13.1. The molecule has 4 aromatic rings. The van der Waals surface area contributed by atoms with Gasteiger partial charge in [-0.1, -0.05) is 23.2 Å². The molecule has 0 saturated carbocycles. The molecule has 0 amide bonds. The van der Waals surface area contributed by atoms with E-state index < -0.39 is 11.6 Å². The van der Waals surface area contributed by atoms with Crippen molar-refractivity contribution >= 4 is 23.2 Å². The minimum atomic E-state index is -0.475. The molecule has 11 heteroatoms. The van der Waals surface area contributed by atoms with Crippen molar-refractivity contribution in [3.8, 4) is 22.5 Å². The molecule has 2 aromatic carbocycles. The van der Waals surface area contributed by atoms with E-state index in [0.29, 0.717) is 34.7 Å². The van der Waals surface area contributed by atoms with Gasteiger partial charge in [0.25, 0.3) is 0 Å². The quantitative estimate of drug-likeness (QED) is 0.254. The van der Waals surface area contributed by atoms with E-state index in [2.05, 4.69) is 20.4 Å². The number of ether oxygens (including phenoxy) is 2. The van der Waals surface area contributed by atoms with Gasteiger partial charge in [0.1, 0.15) is 18.4 Å². The Morgan fingerprint density at radius 3 is 1.80 bits per heavy atom. The van der Waals surface area contributed by atoms with Crippen molar-refractivity contribution in [3.05, 3.63) is 93.7 Å². The molecule has 0 radical (unpaired) electrons. The van der Waals surface area contributed by atoms with Crippen molar-refractivity contribution in [1.82, 2.24) is 20.4 Å². The van der Waals surface area contributed by atoms with E-state index in [9.17, 15) is 8.78 Å². The molecular weight excluding hydrogens is 501 g/mol. The van der Waals surface area contributed by atoms with Gasteiger partial charge in [-0.15, -0.1) is 0 Å². The highest BCUT2D eigenvalue weighted by atomic mass is 35.5. The number of hydrogen-bond donors (Lipinski definition) is 1. The number of rotatable bonds is 7. The van der Waals surface area contributed by atoms with Crippen molar-refractivity contribution in [2.75, 3.05) is 13.9 Å². The first-order valence-electron chi connectivity index (χ1n) is 10.1. The third kappa shape index (κ3) is 7.71. The second kappa shape index (κ2) is 13.1. The van der Waals surface area contributed by atoms with Crippen molar-refractivity contribution in [2.45, 2.75) is 13.2 Å². The molecule has 182 valence electrons. The first-order valence-corrected chi connectivity index (χ1v) is 10.9. The van der Waals surface area contributed by atoms with Gasteiger partial charge in [-0.2, -0.15) is 20.4 Å². The number of halogens is 4. The third-order valence-electron chi connectivity index (χ3n) is 4.51. The van der Waals surface area contributed by atoms with Crippen molar-refractivity contribution < 1.29 is 23.4 Å². The fourth-order valence-corrected chi connectivity index (χ4v) is 3.18. The van der Waals surface area contributed by atoms with Crippen LogP contribution < -0.4 is 0 Å². The maximum Gasteiger partial charge on any atom is 0.146 e. The Morgan fingerprint density at radius 1 is 0.800 bits per heavy atom. The van der Waals surface area contributed by atoms with Gasteiger partial charge in [-0.25, -0.2) is 8.78 Å². The van der Waals surface area contributed by atoms with Crippen LogP contribution in [0.25, 0.3) is 22.5 Å². The summed E-state index contributed by atoms with van der Waals surface area (Å²) in [5, 5.41) is 24.5.